The van der Waals surface area contributed by atoms with Crippen LogP contribution in [0.5, 0.6) is 0 Å². The number of rotatable bonds is 2. The van der Waals surface area contributed by atoms with Crippen molar-refractivity contribution in [3.8, 4) is 0 Å². The SMILES string of the molecule is O=C(NNC(=O)c1ccc(I)cc1)Nc1nc2ccccc2s1. The lowest BCUT2D eigenvalue weighted by Crippen LogP contribution is -2.43. The van der Waals surface area contributed by atoms with E-state index in [-0.39, 0.29) is 5.91 Å². The number of carbonyl (C=O) groups excluding carboxylic acids is 2. The second-order valence-electron chi connectivity index (χ2n) is 4.53. The van der Waals surface area contributed by atoms with Gasteiger partial charge in [0.15, 0.2) is 5.13 Å². The Labute approximate surface area is 149 Å². The highest BCUT2D eigenvalue weighted by Gasteiger charge is 2.09. The van der Waals surface area contributed by atoms with Crippen molar-refractivity contribution >= 4 is 61.2 Å². The van der Waals surface area contributed by atoms with E-state index < -0.39 is 6.03 Å². The monoisotopic (exact) mass is 438 g/mol. The smallest absolute Gasteiger partial charge is 0.282 e. The Morgan fingerprint density at radius 1 is 1.00 bits per heavy atom. The number of thiazole rings is 1. The lowest BCUT2D eigenvalue weighted by atomic mass is 10.2. The van der Waals surface area contributed by atoms with Crippen LogP contribution in [0.2, 0.25) is 0 Å². The lowest BCUT2D eigenvalue weighted by Gasteiger charge is -2.07. The second kappa shape index (κ2) is 6.92. The molecule has 0 saturated carbocycles. The van der Waals surface area contributed by atoms with E-state index in [0.717, 1.165) is 13.8 Å². The van der Waals surface area contributed by atoms with Crippen molar-refractivity contribution in [3.63, 3.8) is 0 Å². The maximum absolute atomic E-state index is 11.9. The van der Waals surface area contributed by atoms with Gasteiger partial charge in [0.2, 0.25) is 0 Å². The molecule has 0 saturated heterocycles. The number of hydrogen-bond donors (Lipinski definition) is 3. The van der Waals surface area contributed by atoms with Crippen molar-refractivity contribution in [1.82, 2.24) is 15.8 Å². The summed E-state index contributed by atoms with van der Waals surface area (Å²) < 4.78 is 2.01. The number of benzene rings is 2. The number of nitrogens with one attached hydrogen (secondary N) is 3. The van der Waals surface area contributed by atoms with Crippen LogP contribution >= 0.6 is 33.9 Å². The average molecular weight is 438 g/mol. The van der Waals surface area contributed by atoms with Crippen molar-refractivity contribution in [3.05, 3.63) is 57.7 Å². The molecule has 0 aliphatic heterocycles. The third-order valence-corrected chi connectivity index (χ3v) is 4.58. The molecule has 6 nitrogen and oxygen atoms in total. The van der Waals surface area contributed by atoms with Crippen LogP contribution in [0.25, 0.3) is 10.2 Å². The van der Waals surface area contributed by atoms with E-state index in [1.807, 2.05) is 36.4 Å². The minimum absolute atomic E-state index is 0.388. The van der Waals surface area contributed by atoms with Gasteiger partial charge in [0.25, 0.3) is 5.91 Å². The molecule has 0 bridgehead atoms. The number of carbonyl (C=O) groups is 2. The molecule has 1 heterocycles. The van der Waals surface area contributed by atoms with Gasteiger partial charge in [-0.15, -0.1) is 0 Å². The number of aromatic nitrogens is 1. The van der Waals surface area contributed by atoms with Gasteiger partial charge < -0.3 is 0 Å². The van der Waals surface area contributed by atoms with E-state index in [1.165, 1.54) is 11.3 Å². The number of nitrogens with zero attached hydrogens (tertiary/aromatic N) is 1. The summed E-state index contributed by atoms with van der Waals surface area (Å²) >= 11 is 3.51. The van der Waals surface area contributed by atoms with E-state index >= 15 is 0 Å². The van der Waals surface area contributed by atoms with Crippen LogP contribution in [-0.2, 0) is 0 Å². The van der Waals surface area contributed by atoms with Crippen LogP contribution in [0.4, 0.5) is 9.93 Å². The Bertz CT molecular complexity index is 830. The molecular weight excluding hydrogens is 427 g/mol. The molecule has 3 aromatic rings. The molecule has 1 aromatic heterocycles. The maximum atomic E-state index is 11.9. The van der Waals surface area contributed by atoms with Crippen LogP contribution in [0, 0.1) is 3.57 Å². The summed E-state index contributed by atoms with van der Waals surface area (Å²) in [5.74, 6) is -0.388. The normalized spacial score (nSPS) is 10.3. The Hall–Kier alpha value is -2.20. The topological polar surface area (TPSA) is 83.1 Å². The van der Waals surface area contributed by atoms with Crippen molar-refractivity contribution in [2.24, 2.45) is 0 Å². The van der Waals surface area contributed by atoms with Crippen LogP contribution in [-0.4, -0.2) is 16.9 Å². The van der Waals surface area contributed by atoms with Gasteiger partial charge in [0, 0.05) is 9.13 Å². The number of para-hydroxylation sites is 1. The molecule has 2 aromatic carbocycles. The Morgan fingerprint density at radius 2 is 1.74 bits per heavy atom. The minimum atomic E-state index is -0.553. The first-order chi connectivity index (χ1) is 11.1. The van der Waals surface area contributed by atoms with E-state index in [2.05, 4.69) is 43.7 Å². The summed E-state index contributed by atoms with van der Waals surface area (Å²) in [4.78, 5) is 28.0. The summed E-state index contributed by atoms with van der Waals surface area (Å²) in [6.07, 6.45) is 0. The molecule has 0 spiro atoms. The quantitative estimate of drug-likeness (QED) is 0.424. The number of anilines is 1. The number of fused-ring (bicyclic) bond motifs is 1. The number of urea groups is 1. The minimum Gasteiger partial charge on any atom is -0.282 e. The fraction of sp³-hybridized carbons (Fsp3) is 0. The van der Waals surface area contributed by atoms with E-state index in [0.29, 0.717) is 10.7 Å². The zero-order valence-electron chi connectivity index (χ0n) is 11.7. The number of amides is 3. The average Bonchev–Trinajstić information content (AvgIpc) is 2.95. The molecule has 0 aliphatic carbocycles. The Balaban J connectivity index is 1.56. The molecule has 3 amide bonds. The number of hydrazine groups is 1. The van der Waals surface area contributed by atoms with Gasteiger partial charge in [0.05, 0.1) is 10.2 Å². The summed E-state index contributed by atoms with van der Waals surface area (Å²) in [7, 11) is 0. The Kier molecular flexibility index (Phi) is 4.72. The maximum Gasteiger partial charge on any atom is 0.339 e. The summed E-state index contributed by atoms with van der Waals surface area (Å²) in [6, 6.07) is 14.0. The zero-order chi connectivity index (χ0) is 16.2. The molecule has 0 radical (unpaired) electrons. The predicted molar refractivity (Wildman–Crippen MR) is 98.4 cm³/mol. The fourth-order valence-corrected chi connectivity index (χ4v) is 3.06. The van der Waals surface area contributed by atoms with Gasteiger partial charge in [-0.1, -0.05) is 23.5 Å². The van der Waals surface area contributed by atoms with Gasteiger partial charge in [0.1, 0.15) is 0 Å². The molecule has 0 fully saturated rings. The van der Waals surface area contributed by atoms with Gasteiger partial charge in [-0.2, -0.15) is 0 Å². The van der Waals surface area contributed by atoms with Crippen molar-refractivity contribution in [2.75, 3.05) is 5.32 Å². The molecule has 8 heteroatoms. The molecule has 3 N–H and O–H groups in total. The van der Waals surface area contributed by atoms with Gasteiger partial charge in [-0.3, -0.25) is 15.5 Å². The van der Waals surface area contributed by atoms with Crippen LogP contribution < -0.4 is 16.2 Å². The molecule has 116 valence electrons. The number of halogens is 1. The van der Waals surface area contributed by atoms with Crippen molar-refractivity contribution in [2.45, 2.75) is 0 Å². The standard InChI is InChI=1S/C15H11IN4O2S/c16-10-7-5-9(6-8-10)13(21)19-20-14(22)18-15-17-11-3-1-2-4-12(11)23-15/h1-8H,(H,19,21)(H2,17,18,20,22). The number of hydrogen-bond acceptors (Lipinski definition) is 4. The molecule has 23 heavy (non-hydrogen) atoms. The first kappa shape index (κ1) is 15.7. The highest BCUT2D eigenvalue weighted by molar-refractivity contribution is 14.1. The van der Waals surface area contributed by atoms with E-state index in [1.54, 1.807) is 12.1 Å². The summed E-state index contributed by atoms with van der Waals surface area (Å²) in [6.45, 7) is 0. The van der Waals surface area contributed by atoms with Crippen LogP contribution in [0.3, 0.4) is 0 Å². The van der Waals surface area contributed by atoms with Gasteiger partial charge in [-0.25, -0.2) is 15.2 Å². The largest absolute Gasteiger partial charge is 0.339 e. The van der Waals surface area contributed by atoms with Crippen LogP contribution in [0.1, 0.15) is 10.4 Å². The highest BCUT2D eigenvalue weighted by Crippen LogP contribution is 2.25. The fourth-order valence-electron chi connectivity index (χ4n) is 1.84. The third-order valence-electron chi connectivity index (χ3n) is 2.91. The van der Waals surface area contributed by atoms with E-state index in [4.69, 9.17) is 0 Å². The predicted octanol–water partition coefficient (Wildman–Crippen LogP) is 3.37. The highest BCUT2D eigenvalue weighted by atomic mass is 127. The molecule has 0 atom stereocenters. The first-order valence-electron chi connectivity index (χ1n) is 6.60. The molecule has 0 unspecified atom stereocenters. The molecular formula is C15H11IN4O2S. The molecule has 0 aliphatic rings. The van der Waals surface area contributed by atoms with Gasteiger partial charge >= 0.3 is 6.03 Å². The lowest BCUT2D eigenvalue weighted by molar-refractivity contribution is 0.0938. The zero-order valence-corrected chi connectivity index (χ0v) is 14.6. The second-order valence-corrected chi connectivity index (χ2v) is 6.80. The van der Waals surface area contributed by atoms with Crippen LogP contribution in [0.15, 0.2) is 48.5 Å². The van der Waals surface area contributed by atoms with Crippen molar-refractivity contribution < 1.29 is 9.59 Å². The molecule has 3 rings (SSSR count). The first-order valence-corrected chi connectivity index (χ1v) is 8.50. The summed E-state index contributed by atoms with van der Waals surface area (Å²) in [5.41, 5.74) is 5.93. The van der Waals surface area contributed by atoms with E-state index in [9.17, 15) is 9.59 Å². The Morgan fingerprint density at radius 3 is 2.48 bits per heavy atom. The van der Waals surface area contributed by atoms with Crippen molar-refractivity contribution in [1.29, 1.82) is 0 Å². The van der Waals surface area contributed by atoms with Gasteiger partial charge in [-0.05, 0) is 59.0 Å². The summed E-state index contributed by atoms with van der Waals surface area (Å²) in [5, 5.41) is 3.05. The third kappa shape index (κ3) is 3.96.